The summed E-state index contributed by atoms with van der Waals surface area (Å²) in [6.45, 7) is 0. The number of carbonyl (C=O) groups excluding carboxylic acids is 2. The van der Waals surface area contributed by atoms with Crippen LogP contribution >= 0.6 is 0 Å². The fourth-order valence-electron chi connectivity index (χ4n) is 3.37. The zero-order chi connectivity index (χ0) is 23.3. The summed E-state index contributed by atoms with van der Waals surface area (Å²) in [7, 11) is -3.79. The molecule has 2 amide bonds. The Hall–Kier alpha value is -3.65. The van der Waals surface area contributed by atoms with Gasteiger partial charge in [-0.25, -0.2) is 8.42 Å². The SMILES string of the molecule is O=C(NC(Cc1ccccc1)C(=O)NC1CC1)c1cccc(NS(=O)(=O)c2ccccc2)c1. The lowest BCUT2D eigenvalue weighted by atomic mass is 10.0. The number of nitrogens with one attached hydrogen (secondary N) is 3. The second-order valence-corrected chi connectivity index (χ2v) is 9.68. The minimum Gasteiger partial charge on any atom is -0.352 e. The highest BCUT2D eigenvalue weighted by Gasteiger charge is 2.29. The van der Waals surface area contributed by atoms with Gasteiger partial charge in [-0.05, 0) is 48.7 Å². The first kappa shape index (κ1) is 22.5. The van der Waals surface area contributed by atoms with Crippen molar-refractivity contribution in [3.63, 3.8) is 0 Å². The Morgan fingerprint density at radius 1 is 0.879 bits per heavy atom. The van der Waals surface area contributed by atoms with Gasteiger partial charge in [0.15, 0.2) is 0 Å². The molecule has 1 aliphatic carbocycles. The van der Waals surface area contributed by atoms with E-state index in [-0.39, 0.29) is 28.1 Å². The summed E-state index contributed by atoms with van der Waals surface area (Å²) >= 11 is 0. The van der Waals surface area contributed by atoms with E-state index in [9.17, 15) is 18.0 Å². The smallest absolute Gasteiger partial charge is 0.261 e. The molecule has 4 rings (SSSR count). The number of benzene rings is 3. The van der Waals surface area contributed by atoms with Crippen molar-refractivity contribution in [2.45, 2.75) is 36.2 Å². The van der Waals surface area contributed by atoms with Gasteiger partial charge in [-0.3, -0.25) is 14.3 Å². The quantitative estimate of drug-likeness (QED) is 0.454. The van der Waals surface area contributed by atoms with Crippen LogP contribution < -0.4 is 15.4 Å². The predicted octanol–water partition coefficient (Wildman–Crippen LogP) is 3.11. The van der Waals surface area contributed by atoms with E-state index in [0.29, 0.717) is 6.42 Å². The summed E-state index contributed by atoms with van der Waals surface area (Å²) in [5, 5.41) is 5.75. The highest BCUT2D eigenvalue weighted by Crippen LogP contribution is 2.20. The van der Waals surface area contributed by atoms with Crippen LogP contribution in [0.2, 0.25) is 0 Å². The van der Waals surface area contributed by atoms with Gasteiger partial charge in [0.25, 0.3) is 15.9 Å². The van der Waals surface area contributed by atoms with Crippen LogP contribution in [0.3, 0.4) is 0 Å². The van der Waals surface area contributed by atoms with Gasteiger partial charge in [-0.15, -0.1) is 0 Å². The summed E-state index contributed by atoms with van der Waals surface area (Å²) in [5.41, 5.74) is 1.44. The maximum Gasteiger partial charge on any atom is 0.261 e. The number of hydrogen-bond acceptors (Lipinski definition) is 4. The van der Waals surface area contributed by atoms with Gasteiger partial charge in [0, 0.05) is 23.7 Å². The first-order valence-corrected chi connectivity index (χ1v) is 12.2. The van der Waals surface area contributed by atoms with Gasteiger partial charge in [0.05, 0.1) is 4.90 Å². The molecule has 3 aromatic rings. The van der Waals surface area contributed by atoms with Gasteiger partial charge in [0.2, 0.25) is 5.91 Å². The second kappa shape index (κ2) is 9.87. The Balaban J connectivity index is 1.49. The lowest BCUT2D eigenvalue weighted by Crippen LogP contribution is -2.48. The predicted molar refractivity (Wildman–Crippen MR) is 126 cm³/mol. The van der Waals surface area contributed by atoms with Crippen LogP contribution in [0.1, 0.15) is 28.8 Å². The van der Waals surface area contributed by atoms with Crippen LogP contribution in [-0.4, -0.2) is 32.3 Å². The molecule has 0 aromatic heterocycles. The van der Waals surface area contributed by atoms with Crippen LogP contribution in [0.5, 0.6) is 0 Å². The average Bonchev–Trinajstić information content (AvgIpc) is 3.64. The van der Waals surface area contributed by atoms with Crippen molar-refractivity contribution < 1.29 is 18.0 Å². The normalized spacial score (nSPS) is 14.2. The lowest BCUT2D eigenvalue weighted by molar-refractivity contribution is -0.123. The van der Waals surface area contributed by atoms with E-state index in [1.165, 1.54) is 18.2 Å². The molecule has 0 bridgehead atoms. The fraction of sp³-hybridized carbons (Fsp3) is 0.200. The molecule has 3 N–H and O–H groups in total. The monoisotopic (exact) mass is 463 g/mol. The average molecular weight is 464 g/mol. The molecular formula is C25H25N3O4S. The first-order chi connectivity index (χ1) is 15.9. The molecule has 0 spiro atoms. The standard InChI is InChI=1S/C25H25N3O4S/c29-24(27-23(25(30)26-20-14-15-20)16-18-8-3-1-4-9-18)19-10-7-11-21(17-19)28-33(31,32)22-12-5-2-6-13-22/h1-13,17,20,23,28H,14-16H2,(H,26,30)(H,27,29). The third-order valence-electron chi connectivity index (χ3n) is 5.26. The van der Waals surface area contributed by atoms with E-state index < -0.39 is 22.0 Å². The Labute approximate surface area is 193 Å². The molecular weight excluding hydrogens is 438 g/mol. The zero-order valence-electron chi connectivity index (χ0n) is 17.9. The minimum atomic E-state index is -3.79. The molecule has 1 aliphatic rings. The van der Waals surface area contributed by atoms with Gasteiger partial charge >= 0.3 is 0 Å². The summed E-state index contributed by atoms with van der Waals surface area (Å²) in [5.74, 6) is -0.682. The summed E-state index contributed by atoms with van der Waals surface area (Å²) in [6, 6.07) is 23.1. The Bertz CT molecular complexity index is 1230. The van der Waals surface area contributed by atoms with E-state index in [1.807, 2.05) is 30.3 Å². The largest absolute Gasteiger partial charge is 0.352 e. The van der Waals surface area contributed by atoms with Crippen molar-refractivity contribution >= 4 is 27.5 Å². The van der Waals surface area contributed by atoms with E-state index >= 15 is 0 Å². The number of hydrogen-bond donors (Lipinski definition) is 3. The van der Waals surface area contributed by atoms with Crippen LogP contribution in [0.25, 0.3) is 0 Å². The topological polar surface area (TPSA) is 104 Å². The van der Waals surface area contributed by atoms with Crippen molar-refractivity contribution in [2.24, 2.45) is 0 Å². The molecule has 170 valence electrons. The number of anilines is 1. The maximum absolute atomic E-state index is 13.0. The molecule has 0 aliphatic heterocycles. The molecule has 8 heteroatoms. The highest BCUT2D eigenvalue weighted by atomic mass is 32.2. The molecule has 0 heterocycles. The van der Waals surface area contributed by atoms with Crippen molar-refractivity contribution in [1.29, 1.82) is 0 Å². The molecule has 33 heavy (non-hydrogen) atoms. The third kappa shape index (κ3) is 6.20. The fourth-order valence-corrected chi connectivity index (χ4v) is 4.44. The van der Waals surface area contributed by atoms with E-state index in [0.717, 1.165) is 18.4 Å². The van der Waals surface area contributed by atoms with Crippen LogP contribution in [-0.2, 0) is 21.2 Å². The summed E-state index contributed by atoms with van der Waals surface area (Å²) in [6.07, 6.45) is 2.24. The zero-order valence-corrected chi connectivity index (χ0v) is 18.7. The van der Waals surface area contributed by atoms with Crippen molar-refractivity contribution in [3.8, 4) is 0 Å². The van der Waals surface area contributed by atoms with Crippen LogP contribution in [0, 0.1) is 0 Å². The van der Waals surface area contributed by atoms with E-state index in [4.69, 9.17) is 0 Å². The van der Waals surface area contributed by atoms with Gasteiger partial charge < -0.3 is 10.6 Å². The number of carbonyl (C=O) groups is 2. The number of rotatable bonds is 9. The number of sulfonamides is 1. The Morgan fingerprint density at radius 2 is 1.55 bits per heavy atom. The summed E-state index contributed by atoms with van der Waals surface area (Å²) in [4.78, 5) is 25.9. The van der Waals surface area contributed by atoms with E-state index in [2.05, 4.69) is 15.4 Å². The number of amides is 2. The molecule has 0 saturated heterocycles. The van der Waals surface area contributed by atoms with Crippen molar-refractivity contribution in [2.75, 3.05) is 4.72 Å². The molecule has 1 unspecified atom stereocenters. The van der Waals surface area contributed by atoms with E-state index in [1.54, 1.807) is 36.4 Å². The van der Waals surface area contributed by atoms with Crippen LogP contribution in [0.15, 0.2) is 89.8 Å². The molecule has 3 aromatic carbocycles. The van der Waals surface area contributed by atoms with Crippen LogP contribution in [0.4, 0.5) is 5.69 Å². The Morgan fingerprint density at radius 3 is 2.21 bits per heavy atom. The second-order valence-electron chi connectivity index (χ2n) is 8.00. The molecule has 1 fully saturated rings. The third-order valence-corrected chi connectivity index (χ3v) is 6.66. The highest BCUT2D eigenvalue weighted by molar-refractivity contribution is 7.92. The molecule has 0 radical (unpaired) electrons. The molecule has 1 atom stereocenters. The maximum atomic E-state index is 13.0. The summed E-state index contributed by atoms with van der Waals surface area (Å²) < 4.78 is 27.7. The van der Waals surface area contributed by atoms with Gasteiger partial charge in [0.1, 0.15) is 6.04 Å². The van der Waals surface area contributed by atoms with Crippen molar-refractivity contribution in [3.05, 3.63) is 96.1 Å². The van der Waals surface area contributed by atoms with Crippen molar-refractivity contribution in [1.82, 2.24) is 10.6 Å². The molecule has 7 nitrogen and oxygen atoms in total. The first-order valence-electron chi connectivity index (χ1n) is 10.7. The van der Waals surface area contributed by atoms with Gasteiger partial charge in [-0.2, -0.15) is 0 Å². The minimum absolute atomic E-state index is 0.125. The lowest BCUT2D eigenvalue weighted by Gasteiger charge is -2.19. The van der Waals surface area contributed by atoms with Gasteiger partial charge in [-0.1, -0.05) is 54.6 Å². The Kier molecular flexibility index (Phi) is 6.74. The molecule has 1 saturated carbocycles.